The van der Waals surface area contributed by atoms with E-state index in [0.717, 1.165) is 24.2 Å². The van der Waals surface area contributed by atoms with E-state index in [4.69, 9.17) is 9.47 Å². The Hall–Kier alpha value is -3.24. The number of hydrogen-bond acceptors (Lipinski definition) is 7. The summed E-state index contributed by atoms with van der Waals surface area (Å²) in [4.78, 5) is 38.7. The van der Waals surface area contributed by atoms with E-state index >= 15 is 0 Å². The van der Waals surface area contributed by atoms with Crippen molar-refractivity contribution in [3.8, 4) is 11.5 Å². The maximum absolute atomic E-state index is 13.8. The van der Waals surface area contributed by atoms with Crippen LogP contribution in [0.15, 0.2) is 53.4 Å². The second kappa shape index (κ2) is 10.2. The van der Waals surface area contributed by atoms with Crippen molar-refractivity contribution in [2.75, 3.05) is 12.0 Å². The molecule has 1 saturated heterocycles. The topological polar surface area (TPSA) is 110 Å². The summed E-state index contributed by atoms with van der Waals surface area (Å²) >= 11 is 0. The van der Waals surface area contributed by atoms with E-state index in [0.29, 0.717) is 24.3 Å². The number of rotatable bonds is 7. The minimum Gasteiger partial charge on any atom is -0.497 e. The van der Waals surface area contributed by atoms with Crippen molar-refractivity contribution >= 4 is 33.5 Å². The Morgan fingerprint density at radius 2 is 1.54 bits per heavy atom. The van der Waals surface area contributed by atoms with Crippen LogP contribution in [0.25, 0.3) is 0 Å². The summed E-state index contributed by atoms with van der Waals surface area (Å²) in [6, 6.07) is 10.5. The lowest BCUT2D eigenvalue weighted by molar-refractivity contribution is -0.132. The molecule has 10 heteroatoms. The van der Waals surface area contributed by atoms with Gasteiger partial charge < -0.3 is 9.47 Å². The van der Waals surface area contributed by atoms with E-state index in [1.807, 2.05) is 0 Å². The molecule has 2 aromatic rings. The number of methoxy groups -OCH3 is 1. The Kier molecular flexibility index (Phi) is 7.23. The molecule has 2 fully saturated rings. The average Bonchev–Trinajstić information content (AvgIpc) is 3.13. The molecule has 1 aliphatic heterocycles. The van der Waals surface area contributed by atoms with Crippen molar-refractivity contribution in [1.29, 1.82) is 0 Å². The summed E-state index contributed by atoms with van der Waals surface area (Å²) in [6.07, 6.45) is 3.74. The van der Waals surface area contributed by atoms with Gasteiger partial charge in [-0.05, 0) is 61.4 Å². The summed E-state index contributed by atoms with van der Waals surface area (Å²) in [5, 5.41) is 0. The predicted octanol–water partition coefficient (Wildman–Crippen LogP) is 3.28. The second-order valence-electron chi connectivity index (χ2n) is 8.68. The highest BCUT2D eigenvalue weighted by Gasteiger charge is 2.49. The van der Waals surface area contributed by atoms with E-state index in [1.54, 1.807) is 12.1 Å². The zero-order chi connectivity index (χ0) is 25.2. The van der Waals surface area contributed by atoms with Gasteiger partial charge in [0.15, 0.2) is 0 Å². The van der Waals surface area contributed by atoms with Crippen molar-refractivity contribution in [1.82, 2.24) is 4.31 Å². The Balaban J connectivity index is 1.67. The highest BCUT2D eigenvalue weighted by Crippen LogP contribution is 2.35. The number of benzene rings is 2. The molecule has 1 aliphatic carbocycles. The summed E-state index contributed by atoms with van der Waals surface area (Å²) in [7, 11) is -2.58. The molecular formula is C25H28N2O7S. The van der Waals surface area contributed by atoms with E-state index in [1.165, 1.54) is 54.7 Å². The number of carbonyl (C=O) groups excluding carboxylic acids is 3. The highest BCUT2D eigenvalue weighted by molar-refractivity contribution is 7.89. The monoisotopic (exact) mass is 500 g/mol. The van der Waals surface area contributed by atoms with Crippen LogP contribution < -0.4 is 14.4 Å². The molecule has 0 aromatic heterocycles. The lowest BCUT2D eigenvalue weighted by Crippen LogP contribution is -2.51. The normalized spacial score (nSPS) is 19.3. The molecule has 2 aliphatic rings. The lowest BCUT2D eigenvalue weighted by atomic mass is 9.94. The third kappa shape index (κ3) is 5.08. The summed E-state index contributed by atoms with van der Waals surface area (Å²) in [6.45, 7) is 1.27. The first-order valence-corrected chi connectivity index (χ1v) is 13.0. The molecule has 0 bridgehead atoms. The molecular weight excluding hydrogens is 472 g/mol. The summed E-state index contributed by atoms with van der Waals surface area (Å²) in [5.74, 6) is -0.756. The van der Waals surface area contributed by atoms with Gasteiger partial charge in [-0.15, -0.1) is 0 Å². The molecule has 1 atom stereocenters. The van der Waals surface area contributed by atoms with Gasteiger partial charge in [-0.1, -0.05) is 19.3 Å². The molecule has 0 spiro atoms. The molecule has 35 heavy (non-hydrogen) atoms. The van der Waals surface area contributed by atoms with Crippen LogP contribution in [0.2, 0.25) is 0 Å². The minimum atomic E-state index is -4.07. The number of ether oxygens (including phenoxy) is 2. The van der Waals surface area contributed by atoms with Crippen molar-refractivity contribution in [2.45, 2.75) is 62.4 Å². The maximum atomic E-state index is 13.8. The lowest BCUT2D eigenvalue weighted by Gasteiger charge is -2.36. The number of imide groups is 1. The minimum absolute atomic E-state index is 0.0494. The zero-order valence-electron chi connectivity index (χ0n) is 19.7. The van der Waals surface area contributed by atoms with Gasteiger partial charge in [0.2, 0.25) is 15.9 Å². The van der Waals surface area contributed by atoms with E-state index in [9.17, 15) is 22.8 Å². The second-order valence-corrected chi connectivity index (χ2v) is 10.5. The molecule has 1 saturated carbocycles. The van der Waals surface area contributed by atoms with E-state index in [2.05, 4.69) is 0 Å². The number of amides is 2. The molecule has 2 amide bonds. The van der Waals surface area contributed by atoms with Gasteiger partial charge in [-0.3, -0.25) is 14.4 Å². The van der Waals surface area contributed by atoms with Crippen LogP contribution in [0.5, 0.6) is 11.5 Å². The van der Waals surface area contributed by atoms with Crippen LogP contribution >= 0.6 is 0 Å². The number of carbonyl (C=O) groups is 3. The molecule has 2 aromatic carbocycles. The fourth-order valence-corrected chi connectivity index (χ4v) is 6.56. The maximum Gasteiger partial charge on any atom is 0.308 e. The van der Waals surface area contributed by atoms with Gasteiger partial charge in [0.1, 0.15) is 17.5 Å². The first-order chi connectivity index (χ1) is 16.7. The van der Waals surface area contributed by atoms with Gasteiger partial charge in [0.25, 0.3) is 5.91 Å². The van der Waals surface area contributed by atoms with E-state index in [-0.39, 0.29) is 23.1 Å². The SMILES string of the molecule is COc1ccc(S(=O)(=O)N(C2CCCCC2)C2CC(=O)N(c3ccc(OC(C)=O)cc3)C2=O)cc1. The Morgan fingerprint density at radius 1 is 0.943 bits per heavy atom. The van der Waals surface area contributed by atoms with Gasteiger partial charge in [0, 0.05) is 13.0 Å². The predicted molar refractivity (Wildman–Crippen MR) is 128 cm³/mol. The number of nitrogens with zero attached hydrogens (tertiary/aromatic N) is 2. The summed E-state index contributed by atoms with van der Waals surface area (Å²) in [5.41, 5.74) is 0.295. The molecule has 1 unspecified atom stereocenters. The quantitative estimate of drug-likeness (QED) is 0.326. The average molecular weight is 501 g/mol. The number of hydrogen-bond donors (Lipinski definition) is 0. The van der Waals surface area contributed by atoms with E-state index < -0.39 is 33.8 Å². The van der Waals surface area contributed by atoms with Crippen molar-refractivity contribution in [3.05, 3.63) is 48.5 Å². The molecule has 9 nitrogen and oxygen atoms in total. The molecule has 1 heterocycles. The highest BCUT2D eigenvalue weighted by atomic mass is 32.2. The zero-order valence-corrected chi connectivity index (χ0v) is 20.5. The molecule has 0 radical (unpaired) electrons. The molecule has 0 N–H and O–H groups in total. The van der Waals surface area contributed by atoms with Gasteiger partial charge in [-0.2, -0.15) is 4.31 Å². The first-order valence-electron chi connectivity index (χ1n) is 11.5. The number of sulfonamides is 1. The number of anilines is 1. The van der Waals surface area contributed by atoms with Gasteiger partial charge in [0.05, 0.1) is 24.1 Å². The number of esters is 1. The largest absolute Gasteiger partial charge is 0.497 e. The Labute approximate surface area is 204 Å². The van der Waals surface area contributed by atoms with Crippen LogP contribution in [0.4, 0.5) is 5.69 Å². The van der Waals surface area contributed by atoms with Crippen LogP contribution in [0, 0.1) is 0 Å². The third-order valence-electron chi connectivity index (χ3n) is 6.36. The summed E-state index contributed by atoms with van der Waals surface area (Å²) < 4.78 is 39.0. The smallest absolute Gasteiger partial charge is 0.308 e. The van der Waals surface area contributed by atoms with Crippen LogP contribution in [-0.4, -0.2) is 49.7 Å². The van der Waals surface area contributed by atoms with Crippen LogP contribution in [0.3, 0.4) is 0 Å². The van der Waals surface area contributed by atoms with Crippen molar-refractivity contribution < 1.29 is 32.3 Å². The van der Waals surface area contributed by atoms with Gasteiger partial charge in [-0.25, -0.2) is 13.3 Å². The molecule has 4 rings (SSSR count). The van der Waals surface area contributed by atoms with Crippen LogP contribution in [-0.2, 0) is 24.4 Å². The van der Waals surface area contributed by atoms with Crippen molar-refractivity contribution in [2.24, 2.45) is 0 Å². The Bertz CT molecular complexity index is 1200. The van der Waals surface area contributed by atoms with Crippen LogP contribution in [0.1, 0.15) is 45.4 Å². The standard InChI is InChI=1S/C25H28N2O7S/c1-17(28)34-21-10-8-18(9-11-21)26-24(29)16-23(25(26)30)27(19-6-4-3-5-7-19)35(31,32)22-14-12-20(33-2)13-15-22/h8-15,19,23H,3-7,16H2,1-2H3. The third-order valence-corrected chi connectivity index (χ3v) is 8.33. The molecule has 186 valence electrons. The first kappa shape index (κ1) is 24.9. The van der Waals surface area contributed by atoms with Crippen molar-refractivity contribution in [3.63, 3.8) is 0 Å². The fourth-order valence-electron chi connectivity index (χ4n) is 4.74. The van der Waals surface area contributed by atoms with Gasteiger partial charge >= 0.3 is 5.97 Å². The Morgan fingerprint density at radius 3 is 2.11 bits per heavy atom. The fraction of sp³-hybridized carbons (Fsp3) is 0.400.